The number of hydrogen-bond donors (Lipinski definition) is 1. The summed E-state index contributed by atoms with van der Waals surface area (Å²) in [6, 6.07) is 0.132. The first-order valence-electron chi connectivity index (χ1n) is 2.48. The Morgan fingerprint density at radius 2 is 2.00 bits per heavy atom. The van der Waals surface area contributed by atoms with Crippen molar-refractivity contribution in [3.05, 3.63) is 24.3 Å². The van der Waals surface area contributed by atoms with Crippen molar-refractivity contribution in [1.82, 2.24) is 5.32 Å². The van der Waals surface area contributed by atoms with E-state index in [1.165, 1.54) is 0 Å². The summed E-state index contributed by atoms with van der Waals surface area (Å²) in [5, 5.41) is 2.59. The Morgan fingerprint density at radius 3 is 2.50 bits per heavy atom. The summed E-state index contributed by atoms with van der Waals surface area (Å²) in [6.07, 6.45) is 8.33. The largest absolute Gasteiger partial charge is 0.349 e. The smallest absolute Gasteiger partial charge is 0.207 e. The van der Waals surface area contributed by atoms with Crippen molar-refractivity contribution in [2.75, 3.05) is 0 Å². The van der Waals surface area contributed by atoms with Gasteiger partial charge in [0.1, 0.15) is 0 Å². The van der Waals surface area contributed by atoms with Gasteiger partial charge in [-0.3, -0.25) is 4.79 Å². The van der Waals surface area contributed by atoms with E-state index in [9.17, 15) is 4.79 Å². The molecule has 0 saturated carbocycles. The Balaban J connectivity index is 2.37. The molecule has 0 atom stereocenters. The van der Waals surface area contributed by atoms with Gasteiger partial charge in [-0.05, 0) is 0 Å². The van der Waals surface area contributed by atoms with Crippen LogP contribution in [0.15, 0.2) is 24.3 Å². The molecule has 1 aliphatic carbocycles. The van der Waals surface area contributed by atoms with Gasteiger partial charge in [0.05, 0.1) is 6.04 Å². The third-order valence-corrected chi connectivity index (χ3v) is 1.01. The van der Waals surface area contributed by atoms with Crippen LogP contribution in [0.2, 0.25) is 0 Å². The van der Waals surface area contributed by atoms with Crippen LogP contribution in [0.3, 0.4) is 0 Å². The fourth-order valence-corrected chi connectivity index (χ4v) is 0.622. The van der Waals surface area contributed by atoms with Gasteiger partial charge in [-0.1, -0.05) is 24.3 Å². The van der Waals surface area contributed by atoms with Crippen molar-refractivity contribution in [2.45, 2.75) is 6.04 Å². The maximum Gasteiger partial charge on any atom is 0.207 e. The van der Waals surface area contributed by atoms with Crippen molar-refractivity contribution in [2.24, 2.45) is 0 Å². The molecule has 1 aliphatic rings. The molecular formula is C6H7NO. The average Bonchev–Trinajstić information content (AvgIpc) is 2.19. The lowest BCUT2D eigenvalue weighted by atomic mass is 10.3. The lowest BCUT2D eigenvalue weighted by Gasteiger charge is -1.98. The summed E-state index contributed by atoms with van der Waals surface area (Å²) in [7, 11) is 0. The van der Waals surface area contributed by atoms with Crippen LogP contribution < -0.4 is 5.32 Å². The molecule has 0 saturated heterocycles. The monoisotopic (exact) mass is 109 g/mol. The Hall–Kier alpha value is -1.05. The molecule has 0 aromatic rings. The van der Waals surface area contributed by atoms with E-state index in [1.807, 2.05) is 24.3 Å². The van der Waals surface area contributed by atoms with Gasteiger partial charge in [-0.2, -0.15) is 0 Å². The van der Waals surface area contributed by atoms with Gasteiger partial charge in [0, 0.05) is 0 Å². The molecule has 0 spiro atoms. The molecule has 42 valence electrons. The number of carbonyl (C=O) groups is 1. The predicted molar refractivity (Wildman–Crippen MR) is 31.3 cm³/mol. The number of allylic oxidation sites excluding steroid dienone is 2. The molecule has 0 aromatic heterocycles. The minimum Gasteiger partial charge on any atom is -0.349 e. The molecule has 8 heavy (non-hydrogen) atoms. The zero-order chi connectivity index (χ0) is 5.82. The van der Waals surface area contributed by atoms with Crippen LogP contribution in [0, 0.1) is 0 Å². The van der Waals surface area contributed by atoms with Crippen molar-refractivity contribution in [1.29, 1.82) is 0 Å². The Kier molecular flexibility index (Phi) is 1.47. The normalized spacial score (nSPS) is 17.0. The van der Waals surface area contributed by atoms with Crippen molar-refractivity contribution < 1.29 is 4.79 Å². The maximum absolute atomic E-state index is 9.78. The zero-order valence-corrected chi connectivity index (χ0v) is 4.37. The van der Waals surface area contributed by atoms with Gasteiger partial charge >= 0.3 is 0 Å². The Morgan fingerprint density at radius 1 is 1.38 bits per heavy atom. The van der Waals surface area contributed by atoms with E-state index in [2.05, 4.69) is 5.32 Å². The van der Waals surface area contributed by atoms with Crippen LogP contribution in [0.4, 0.5) is 0 Å². The van der Waals surface area contributed by atoms with Gasteiger partial charge in [-0.25, -0.2) is 0 Å². The first kappa shape index (κ1) is 5.09. The van der Waals surface area contributed by atoms with E-state index in [4.69, 9.17) is 0 Å². The highest BCUT2D eigenvalue weighted by Gasteiger charge is 1.97. The van der Waals surface area contributed by atoms with E-state index in [0.29, 0.717) is 6.41 Å². The van der Waals surface area contributed by atoms with Gasteiger partial charge in [0.2, 0.25) is 6.41 Å². The number of nitrogens with one attached hydrogen (secondary N) is 1. The van der Waals surface area contributed by atoms with E-state index in [-0.39, 0.29) is 6.04 Å². The summed E-state index contributed by atoms with van der Waals surface area (Å²) >= 11 is 0. The van der Waals surface area contributed by atoms with E-state index >= 15 is 0 Å². The number of amides is 1. The quantitative estimate of drug-likeness (QED) is 0.505. The van der Waals surface area contributed by atoms with Gasteiger partial charge in [-0.15, -0.1) is 0 Å². The molecule has 0 aliphatic heterocycles. The first-order valence-corrected chi connectivity index (χ1v) is 2.48. The second-order valence-electron chi connectivity index (χ2n) is 1.58. The van der Waals surface area contributed by atoms with Crippen molar-refractivity contribution in [3.63, 3.8) is 0 Å². The molecule has 1 rings (SSSR count). The summed E-state index contributed by atoms with van der Waals surface area (Å²) in [5.41, 5.74) is 0. The summed E-state index contributed by atoms with van der Waals surface area (Å²) in [5.74, 6) is 0. The second-order valence-corrected chi connectivity index (χ2v) is 1.58. The molecule has 0 bridgehead atoms. The molecule has 1 amide bonds. The Bertz CT molecular complexity index is 125. The third-order valence-electron chi connectivity index (χ3n) is 1.01. The molecule has 2 nitrogen and oxygen atoms in total. The highest BCUT2D eigenvalue weighted by molar-refractivity contribution is 5.49. The number of hydrogen-bond acceptors (Lipinski definition) is 1. The standard InChI is InChI=1S/C6H7NO/c8-5-7-6-3-1-2-4-6/h1-6H,(H,7,8). The van der Waals surface area contributed by atoms with Crippen LogP contribution in [-0.2, 0) is 4.79 Å². The zero-order valence-electron chi connectivity index (χ0n) is 4.37. The van der Waals surface area contributed by atoms with Crippen LogP contribution >= 0.6 is 0 Å². The van der Waals surface area contributed by atoms with Crippen LogP contribution in [0.1, 0.15) is 0 Å². The first-order chi connectivity index (χ1) is 3.93. The minimum absolute atomic E-state index is 0.132. The molecule has 0 aromatic carbocycles. The van der Waals surface area contributed by atoms with Crippen molar-refractivity contribution in [3.8, 4) is 0 Å². The lowest BCUT2D eigenvalue weighted by molar-refractivity contribution is -0.109. The number of rotatable bonds is 2. The van der Waals surface area contributed by atoms with Gasteiger partial charge in [0.15, 0.2) is 0 Å². The Labute approximate surface area is 47.9 Å². The fraction of sp³-hybridized carbons (Fsp3) is 0.167. The SMILES string of the molecule is O=CNC1C=CC=C1. The summed E-state index contributed by atoms with van der Waals surface area (Å²) in [6.45, 7) is 0. The van der Waals surface area contributed by atoms with Crippen molar-refractivity contribution >= 4 is 6.41 Å². The maximum atomic E-state index is 9.78. The molecule has 0 heterocycles. The topological polar surface area (TPSA) is 29.1 Å². The van der Waals surface area contributed by atoms with Crippen LogP contribution in [0.25, 0.3) is 0 Å². The highest BCUT2D eigenvalue weighted by atomic mass is 16.1. The summed E-state index contributed by atoms with van der Waals surface area (Å²) in [4.78, 5) is 9.78. The van der Waals surface area contributed by atoms with Gasteiger partial charge < -0.3 is 5.32 Å². The average molecular weight is 109 g/mol. The van der Waals surface area contributed by atoms with Gasteiger partial charge in [0.25, 0.3) is 0 Å². The van der Waals surface area contributed by atoms with E-state index in [0.717, 1.165) is 0 Å². The fourth-order valence-electron chi connectivity index (χ4n) is 0.622. The molecule has 2 heteroatoms. The molecular weight excluding hydrogens is 102 g/mol. The lowest BCUT2D eigenvalue weighted by Crippen LogP contribution is -2.21. The van der Waals surface area contributed by atoms with Crippen LogP contribution in [0.5, 0.6) is 0 Å². The van der Waals surface area contributed by atoms with E-state index in [1.54, 1.807) is 0 Å². The second kappa shape index (κ2) is 2.31. The summed E-state index contributed by atoms with van der Waals surface area (Å²) < 4.78 is 0. The van der Waals surface area contributed by atoms with E-state index < -0.39 is 0 Å². The highest BCUT2D eigenvalue weighted by Crippen LogP contribution is 1.96. The molecule has 0 unspecified atom stereocenters. The van der Waals surface area contributed by atoms with Crippen LogP contribution in [-0.4, -0.2) is 12.5 Å². The molecule has 0 fully saturated rings. The predicted octanol–water partition coefficient (Wildman–Crippen LogP) is 0.227. The number of carbonyl (C=O) groups excluding carboxylic acids is 1. The third kappa shape index (κ3) is 0.964. The molecule has 1 N–H and O–H groups in total. The molecule has 0 radical (unpaired) electrons. The minimum atomic E-state index is 0.132.